The van der Waals surface area contributed by atoms with Crippen molar-refractivity contribution in [1.82, 2.24) is 14.5 Å². The van der Waals surface area contributed by atoms with Gasteiger partial charge in [-0.15, -0.1) is 0 Å². The summed E-state index contributed by atoms with van der Waals surface area (Å²) >= 11 is 1.19. The maximum atomic E-state index is 12.9. The zero-order chi connectivity index (χ0) is 26.3. The second-order valence-electron chi connectivity index (χ2n) is 9.84. The van der Waals surface area contributed by atoms with Crippen LogP contribution in [0.15, 0.2) is 46.0 Å². The highest BCUT2D eigenvalue weighted by Crippen LogP contribution is 2.31. The maximum absolute atomic E-state index is 12.9. The fourth-order valence-electron chi connectivity index (χ4n) is 4.99. The molecule has 1 N–H and O–H groups in total. The number of nitrogens with zero attached hydrogens (tertiary/aromatic N) is 5. The fourth-order valence-corrected chi connectivity index (χ4v) is 5.86. The molecule has 9 heteroatoms. The monoisotopic (exact) mass is 516 g/mol. The van der Waals surface area contributed by atoms with Crippen LogP contribution in [0.1, 0.15) is 68.0 Å². The van der Waals surface area contributed by atoms with Crippen LogP contribution in [0.25, 0.3) is 11.8 Å². The van der Waals surface area contributed by atoms with Gasteiger partial charge in [-0.25, -0.2) is 0 Å². The number of aliphatic imine (C=N–C) groups is 1. The molecule has 2 aromatic rings. The molecule has 0 radical (unpaired) electrons. The third kappa shape index (κ3) is 4.80. The van der Waals surface area contributed by atoms with E-state index in [1.165, 1.54) is 22.3 Å². The van der Waals surface area contributed by atoms with Gasteiger partial charge >= 0.3 is 0 Å². The largest absolute Gasteiger partial charge is 0.342 e. The number of fused-ring (bicyclic) bond motifs is 1. The average Bonchev–Trinajstić information content (AvgIpc) is 3.61. The lowest BCUT2D eigenvalue weighted by Gasteiger charge is -2.20. The van der Waals surface area contributed by atoms with Crippen molar-refractivity contribution in [3.05, 3.63) is 58.4 Å². The molecule has 1 aromatic carbocycles. The number of benzene rings is 1. The van der Waals surface area contributed by atoms with E-state index in [1.807, 2.05) is 24.8 Å². The molecule has 8 nitrogen and oxygen atoms in total. The van der Waals surface area contributed by atoms with E-state index in [0.717, 1.165) is 55.0 Å². The molecule has 0 bridgehead atoms. The predicted octanol–water partition coefficient (Wildman–Crippen LogP) is 5.24. The zero-order valence-electron chi connectivity index (χ0n) is 21.7. The van der Waals surface area contributed by atoms with E-state index in [4.69, 9.17) is 5.41 Å². The van der Waals surface area contributed by atoms with Crippen molar-refractivity contribution in [2.24, 2.45) is 10.1 Å². The Morgan fingerprint density at radius 2 is 1.89 bits per heavy atom. The van der Waals surface area contributed by atoms with Crippen LogP contribution >= 0.6 is 11.8 Å². The Morgan fingerprint density at radius 1 is 1.19 bits per heavy atom. The van der Waals surface area contributed by atoms with Crippen LogP contribution in [0, 0.1) is 19.3 Å². The van der Waals surface area contributed by atoms with Crippen molar-refractivity contribution in [3.8, 4) is 5.69 Å². The van der Waals surface area contributed by atoms with Crippen LogP contribution in [-0.2, 0) is 9.59 Å². The fraction of sp³-hybridized carbons (Fsp3) is 0.393. The topological polar surface area (TPSA) is 94.1 Å². The van der Waals surface area contributed by atoms with Crippen LogP contribution in [-0.4, -0.2) is 55.4 Å². The number of hydrogen-bond acceptors (Lipinski definition) is 5. The number of nitrogens with one attached hydrogen (secondary N) is 1. The molecule has 3 aliphatic rings. The van der Waals surface area contributed by atoms with Gasteiger partial charge in [0, 0.05) is 30.2 Å². The zero-order valence-corrected chi connectivity index (χ0v) is 22.6. The van der Waals surface area contributed by atoms with Crippen molar-refractivity contribution >= 4 is 45.7 Å². The van der Waals surface area contributed by atoms with Gasteiger partial charge in [0.15, 0.2) is 5.84 Å². The quantitative estimate of drug-likeness (QED) is 0.532. The minimum Gasteiger partial charge on any atom is -0.342 e. The lowest BCUT2D eigenvalue weighted by atomic mass is 9.98. The summed E-state index contributed by atoms with van der Waals surface area (Å²) in [5, 5.41) is 15.4. The molecule has 1 atom stereocenters. The second-order valence-corrected chi connectivity index (χ2v) is 10.9. The van der Waals surface area contributed by atoms with Crippen LogP contribution < -0.4 is 0 Å². The Labute approximate surface area is 221 Å². The van der Waals surface area contributed by atoms with Crippen molar-refractivity contribution < 1.29 is 9.59 Å². The molecule has 0 aliphatic carbocycles. The van der Waals surface area contributed by atoms with E-state index in [2.05, 4.69) is 52.8 Å². The van der Waals surface area contributed by atoms with Crippen molar-refractivity contribution in [1.29, 1.82) is 5.41 Å². The summed E-state index contributed by atoms with van der Waals surface area (Å²) in [6, 6.07) is 10.6. The molecule has 4 heterocycles. The third-order valence-corrected chi connectivity index (χ3v) is 8.27. The standard InChI is InChI=1S/C28H32N6O2S/c1-5-17(2)20-8-10-22(11-9-20)33-18(3)14-21(19(33)4)15-23-26(29)34-28(30-27(23)36)37-24(31-34)16-25(35)32-12-6-7-13-32/h8-11,14-15,17,29H,5-7,12-13,16H2,1-4H3/b23-15+,29-26?/t17-/m0/s1. The SMILES string of the molecule is CC[C@H](C)c1ccc(-n2c(C)cc(/C=C3\C(=N)N4N=C(CC(=O)N5CCCC5)SC4=NC3=O)c2C)cc1. The highest BCUT2D eigenvalue weighted by atomic mass is 32.2. The maximum Gasteiger partial charge on any atom is 0.283 e. The van der Waals surface area contributed by atoms with Gasteiger partial charge in [-0.1, -0.05) is 26.0 Å². The Hall–Kier alpha value is -3.46. The van der Waals surface area contributed by atoms with E-state index in [1.54, 1.807) is 6.08 Å². The van der Waals surface area contributed by atoms with Gasteiger partial charge in [0.1, 0.15) is 5.04 Å². The van der Waals surface area contributed by atoms with Crippen molar-refractivity contribution in [3.63, 3.8) is 0 Å². The number of thioether (sulfide) groups is 1. The minimum absolute atomic E-state index is 0.0196. The van der Waals surface area contributed by atoms with E-state index >= 15 is 0 Å². The second kappa shape index (κ2) is 10.1. The number of carbonyl (C=O) groups excluding carboxylic acids is 2. The molecular formula is C28H32N6O2S. The van der Waals surface area contributed by atoms with Crippen molar-refractivity contribution in [2.75, 3.05) is 13.1 Å². The smallest absolute Gasteiger partial charge is 0.283 e. The molecule has 1 saturated heterocycles. The highest BCUT2D eigenvalue weighted by Gasteiger charge is 2.36. The first-order valence-corrected chi connectivity index (χ1v) is 13.6. The molecule has 192 valence electrons. The van der Waals surface area contributed by atoms with Crippen LogP contribution in [0.3, 0.4) is 0 Å². The number of aromatic nitrogens is 1. The Bertz CT molecular complexity index is 1360. The van der Waals surface area contributed by atoms with Gasteiger partial charge in [-0.2, -0.15) is 15.1 Å². The van der Waals surface area contributed by atoms with E-state index in [9.17, 15) is 9.59 Å². The Kier molecular flexibility index (Phi) is 6.90. The Balaban J connectivity index is 1.39. The number of hydrazone groups is 1. The van der Waals surface area contributed by atoms with Gasteiger partial charge in [-0.3, -0.25) is 15.0 Å². The number of carbonyl (C=O) groups is 2. The first-order valence-electron chi connectivity index (χ1n) is 12.8. The molecule has 2 amide bonds. The van der Waals surface area contributed by atoms with E-state index in [-0.39, 0.29) is 23.7 Å². The predicted molar refractivity (Wildman–Crippen MR) is 149 cm³/mol. The van der Waals surface area contributed by atoms with E-state index < -0.39 is 5.91 Å². The van der Waals surface area contributed by atoms with Crippen molar-refractivity contribution in [2.45, 2.75) is 59.3 Å². The summed E-state index contributed by atoms with van der Waals surface area (Å²) in [6.45, 7) is 10.0. The molecular weight excluding hydrogens is 484 g/mol. The summed E-state index contributed by atoms with van der Waals surface area (Å²) in [4.78, 5) is 31.5. The number of amidine groups is 2. The molecule has 0 saturated carbocycles. The Morgan fingerprint density at radius 3 is 2.57 bits per heavy atom. The van der Waals surface area contributed by atoms with Gasteiger partial charge in [0.05, 0.1) is 12.0 Å². The normalized spacial score (nSPS) is 19.4. The van der Waals surface area contributed by atoms with Crippen LogP contribution in [0.4, 0.5) is 0 Å². The number of rotatable bonds is 6. The molecule has 0 unspecified atom stereocenters. The number of aryl methyl sites for hydroxylation is 1. The molecule has 1 fully saturated rings. The van der Waals surface area contributed by atoms with Gasteiger partial charge in [-0.05, 0) is 86.2 Å². The minimum atomic E-state index is -0.464. The number of likely N-dealkylation sites (tertiary alicyclic amines) is 1. The summed E-state index contributed by atoms with van der Waals surface area (Å²) in [7, 11) is 0. The van der Waals surface area contributed by atoms with Crippen LogP contribution in [0.5, 0.6) is 0 Å². The lowest BCUT2D eigenvalue weighted by Crippen LogP contribution is -2.35. The molecule has 3 aliphatic heterocycles. The molecule has 1 aromatic heterocycles. The third-order valence-electron chi connectivity index (χ3n) is 7.36. The molecule has 0 spiro atoms. The summed E-state index contributed by atoms with van der Waals surface area (Å²) in [5.74, 6) is 0.0605. The molecule has 5 rings (SSSR count). The number of hydrogen-bond donors (Lipinski definition) is 1. The first-order chi connectivity index (χ1) is 17.8. The summed E-state index contributed by atoms with van der Waals surface area (Å²) in [5.41, 5.74) is 5.44. The lowest BCUT2D eigenvalue weighted by molar-refractivity contribution is -0.128. The van der Waals surface area contributed by atoms with Gasteiger partial charge < -0.3 is 9.47 Å². The summed E-state index contributed by atoms with van der Waals surface area (Å²) in [6.07, 6.45) is 5.05. The highest BCUT2D eigenvalue weighted by molar-refractivity contribution is 8.27. The average molecular weight is 517 g/mol. The van der Waals surface area contributed by atoms with E-state index in [0.29, 0.717) is 16.1 Å². The first kappa shape index (κ1) is 25.2. The summed E-state index contributed by atoms with van der Waals surface area (Å²) < 4.78 is 2.16. The van der Waals surface area contributed by atoms with Gasteiger partial charge in [0.2, 0.25) is 11.1 Å². The number of amides is 2. The van der Waals surface area contributed by atoms with Crippen LogP contribution in [0.2, 0.25) is 0 Å². The molecule has 37 heavy (non-hydrogen) atoms. The van der Waals surface area contributed by atoms with Gasteiger partial charge in [0.25, 0.3) is 5.91 Å².